The first-order valence-electron chi connectivity index (χ1n) is 5.28. The third-order valence-electron chi connectivity index (χ3n) is 2.48. The lowest BCUT2D eigenvalue weighted by Crippen LogP contribution is -2.25. The Kier molecular flexibility index (Phi) is 3.97. The van der Waals surface area contributed by atoms with Gasteiger partial charge in [0.2, 0.25) is 0 Å². The summed E-state index contributed by atoms with van der Waals surface area (Å²) in [6.45, 7) is 6.52. The highest BCUT2D eigenvalue weighted by molar-refractivity contribution is 5.66. The number of rotatable bonds is 4. The van der Waals surface area contributed by atoms with Crippen LogP contribution in [0.15, 0.2) is 18.2 Å². The fourth-order valence-electron chi connectivity index (χ4n) is 1.29. The molecule has 0 aliphatic heterocycles. The van der Waals surface area contributed by atoms with Crippen molar-refractivity contribution < 1.29 is 5.11 Å². The van der Waals surface area contributed by atoms with E-state index in [4.69, 9.17) is 5.73 Å². The van der Waals surface area contributed by atoms with Crippen LogP contribution >= 0.6 is 0 Å². The molecule has 0 saturated carbocycles. The summed E-state index contributed by atoms with van der Waals surface area (Å²) in [6, 6.07) is 5.86. The number of benzene rings is 1. The van der Waals surface area contributed by atoms with Crippen LogP contribution in [0.1, 0.15) is 19.4 Å². The first-order valence-corrected chi connectivity index (χ1v) is 5.28. The number of nitrogens with two attached hydrogens (primary N) is 1. The molecule has 0 saturated heterocycles. The molecule has 0 aromatic heterocycles. The summed E-state index contributed by atoms with van der Waals surface area (Å²) >= 11 is 0. The third kappa shape index (κ3) is 3.44. The van der Waals surface area contributed by atoms with Crippen LogP contribution in [0, 0.1) is 12.8 Å². The van der Waals surface area contributed by atoms with Gasteiger partial charge in [0.1, 0.15) is 0 Å². The maximum Gasteiger partial charge on any atom is 0.0735 e. The van der Waals surface area contributed by atoms with Gasteiger partial charge in [-0.1, -0.05) is 19.9 Å². The zero-order chi connectivity index (χ0) is 11.4. The largest absolute Gasteiger partial charge is 0.397 e. The van der Waals surface area contributed by atoms with Crippen LogP contribution in [0.2, 0.25) is 0 Å². The lowest BCUT2D eigenvalue weighted by Gasteiger charge is -2.17. The van der Waals surface area contributed by atoms with Crippen molar-refractivity contribution in [1.82, 2.24) is 0 Å². The van der Waals surface area contributed by atoms with Crippen LogP contribution in [0.3, 0.4) is 0 Å². The Labute approximate surface area is 91.3 Å². The zero-order valence-corrected chi connectivity index (χ0v) is 9.62. The maximum absolute atomic E-state index is 9.63. The molecule has 84 valence electrons. The van der Waals surface area contributed by atoms with Crippen molar-refractivity contribution in [3.05, 3.63) is 23.8 Å². The zero-order valence-electron chi connectivity index (χ0n) is 9.62. The summed E-state index contributed by atoms with van der Waals surface area (Å²) in [4.78, 5) is 0. The van der Waals surface area contributed by atoms with Gasteiger partial charge in [-0.2, -0.15) is 0 Å². The summed E-state index contributed by atoms with van der Waals surface area (Å²) < 4.78 is 0. The SMILES string of the molecule is Cc1ccc(NCC(O)C(C)C)c(N)c1. The van der Waals surface area contributed by atoms with Gasteiger partial charge in [0, 0.05) is 6.54 Å². The number of nitrogen functional groups attached to an aromatic ring is 1. The standard InChI is InChI=1S/C12H20N2O/c1-8(2)12(15)7-14-11-5-4-9(3)6-10(11)13/h4-6,8,12,14-15H,7,13H2,1-3H3. The van der Waals surface area contributed by atoms with E-state index >= 15 is 0 Å². The van der Waals surface area contributed by atoms with Crippen molar-refractivity contribution in [2.45, 2.75) is 26.9 Å². The highest BCUT2D eigenvalue weighted by Crippen LogP contribution is 2.19. The molecule has 0 radical (unpaired) electrons. The third-order valence-corrected chi connectivity index (χ3v) is 2.48. The molecular formula is C12H20N2O. The molecule has 0 amide bonds. The number of aryl methyl sites for hydroxylation is 1. The van der Waals surface area contributed by atoms with Crippen LogP contribution < -0.4 is 11.1 Å². The number of anilines is 2. The summed E-state index contributed by atoms with van der Waals surface area (Å²) in [5.41, 5.74) is 8.60. The van der Waals surface area contributed by atoms with Crippen LogP contribution in [0.25, 0.3) is 0 Å². The molecule has 1 aromatic carbocycles. The van der Waals surface area contributed by atoms with Crippen LogP contribution in [0.5, 0.6) is 0 Å². The number of hydrogen-bond donors (Lipinski definition) is 3. The Bertz CT molecular complexity index is 323. The van der Waals surface area contributed by atoms with Crippen LogP contribution in [0.4, 0.5) is 11.4 Å². The average molecular weight is 208 g/mol. The summed E-state index contributed by atoms with van der Waals surface area (Å²) in [5.74, 6) is 0.254. The van der Waals surface area contributed by atoms with E-state index in [-0.39, 0.29) is 12.0 Å². The Balaban J connectivity index is 2.58. The van der Waals surface area contributed by atoms with Crippen molar-refractivity contribution in [2.24, 2.45) is 5.92 Å². The molecule has 0 aliphatic rings. The van der Waals surface area contributed by atoms with Gasteiger partial charge in [0.05, 0.1) is 17.5 Å². The highest BCUT2D eigenvalue weighted by atomic mass is 16.3. The lowest BCUT2D eigenvalue weighted by atomic mass is 10.1. The van der Waals surface area contributed by atoms with E-state index in [0.29, 0.717) is 6.54 Å². The fraction of sp³-hybridized carbons (Fsp3) is 0.500. The minimum atomic E-state index is -0.342. The first kappa shape index (κ1) is 11.9. The fourth-order valence-corrected chi connectivity index (χ4v) is 1.29. The second kappa shape index (κ2) is 5.03. The van der Waals surface area contributed by atoms with Crippen LogP contribution in [-0.2, 0) is 0 Å². The molecule has 1 unspecified atom stereocenters. The summed E-state index contributed by atoms with van der Waals surface area (Å²) in [6.07, 6.45) is -0.342. The summed E-state index contributed by atoms with van der Waals surface area (Å²) in [5, 5.41) is 12.8. The molecule has 4 N–H and O–H groups in total. The van der Waals surface area contributed by atoms with Gasteiger partial charge in [0.25, 0.3) is 0 Å². The Hall–Kier alpha value is -1.22. The monoisotopic (exact) mass is 208 g/mol. The molecule has 3 heteroatoms. The maximum atomic E-state index is 9.63. The number of aliphatic hydroxyl groups is 1. The van der Waals surface area contributed by atoms with Crippen molar-refractivity contribution in [2.75, 3.05) is 17.6 Å². The Morgan fingerprint density at radius 2 is 2.07 bits per heavy atom. The second-order valence-corrected chi connectivity index (χ2v) is 4.28. The van der Waals surface area contributed by atoms with Gasteiger partial charge in [0.15, 0.2) is 0 Å². The van der Waals surface area contributed by atoms with Gasteiger partial charge in [-0.15, -0.1) is 0 Å². The first-order chi connectivity index (χ1) is 7.00. The van der Waals surface area contributed by atoms with Gasteiger partial charge < -0.3 is 16.2 Å². The predicted octanol–water partition coefficient (Wildman–Crippen LogP) is 2.01. The molecule has 0 heterocycles. The number of hydrogen-bond acceptors (Lipinski definition) is 3. The Morgan fingerprint density at radius 1 is 1.40 bits per heavy atom. The van der Waals surface area contributed by atoms with E-state index in [0.717, 1.165) is 16.9 Å². The van der Waals surface area contributed by atoms with Gasteiger partial charge in [-0.05, 0) is 30.5 Å². The number of nitrogens with one attached hydrogen (secondary N) is 1. The summed E-state index contributed by atoms with van der Waals surface area (Å²) in [7, 11) is 0. The van der Waals surface area contributed by atoms with Gasteiger partial charge >= 0.3 is 0 Å². The van der Waals surface area contributed by atoms with Crippen molar-refractivity contribution in [1.29, 1.82) is 0 Å². The molecule has 1 atom stereocenters. The minimum absolute atomic E-state index is 0.254. The molecule has 0 bridgehead atoms. The molecule has 1 rings (SSSR count). The quantitative estimate of drug-likeness (QED) is 0.663. The van der Waals surface area contributed by atoms with E-state index in [2.05, 4.69) is 5.32 Å². The van der Waals surface area contributed by atoms with E-state index in [1.807, 2.05) is 39.0 Å². The lowest BCUT2D eigenvalue weighted by molar-refractivity contribution is 0.138. The Morgan fingerprint density at radius 3 is 2.60 bits per heavy atom. The van der Waals surface area contributed by atoms with E-state index in [9.17, 15) is 5.11 Å². The van der Waals surface area contributed by atoms with E-state index < -0.39 is 0 Å². The molecule has 0 spiro atoms. The minimum Gasteiger partial charge on any atom is -0.397 e. The molecule has 3 nitrogen and oxygen atoms in total. The molecule has 0 fully saturated rings. The molecule has 15 heavy (non-hydrogen) atoms. The van der Waals surface area contributed by atoms with Gasteiger partial charge in [-0.25, -0.2) is 0 Å². The normalized spacial score (nSPS) is 12.9. The molecular weight excluding hydrogens is 188 g/mol. The predicted molar refractivity (Wildman–Crippen MR) is 64.9 cm³/mol. The number of aliphatic hydroxyl groups excluding tert-OH is 1. The molecule has 0 aliphatic carbocycles. The highest BCUT2D eigenvalue weighted by Gasteiger charge is 2.09. The topological polar surface area (TPSA) is 58.3 Å². The van der Waals surface area contributed by atoms with Crippen molar-refractivity contribution >= 4 is 11.4 Å². The smallest absolute Gasteiger partial charge is 0.0735 e. The van der Waals surface area contributed by atoms with Crippen LogP contribution in [-0.4, -0.2) is 17.8 Å². The van der Waals surface area contributed by atoms with E-state index in [1.165, 1.54) is 0 Å². The van der Waals surface area contributed by atoms with Crippen molar-refractivity contribution in [3.8, 4) is 0 Å². The van der Waals surface area contributed by atoms with E-state index in [1.54, 1.807) is 0 Å². The van der Waals surface area contributed by atoms with Gasteiger partial charge in [-0.3, -0.25) is 0 Å². The second-order valence-electron chi connectivity index (χ2n) is 4.28. The molecule has 1 aromatic rings. The average Bonchev–Trinajstić information content (AvgIpc) is 2.15. The van der Waals surface area contributed by atoms with Crippen molar-refractivity contribution in [3.63, 3.8) is 0 Å².